The molecule has 0 saturated carbocycles. The van der Waals surface area contributed by atoms with Gasteiger partial charge < -0.3 is 6.53 Å². The molecule has 2 rings (SSSR count). The Kier molecular flexibility index (Phi) is 4.32. The van der Waals surface area contributed by atoms with Gasteiger partial charge in [0.2, 0.25) is 0 Å². The van der Waals surface area contributed by atoms with Gasteiger partial charge in [-0.15, -0.1) is 0 Å². The molecule has 1 aromatic rings. The number of benzene rings is 1. The second-order valence-electron chi connectivity index (χ2n) is 3.09. The summed E-state index contributed by atoms with van der Waals surface area (Å²) in [5, 5.41) is 13.8. The quantitative estimate of drug-likeness (QED) is 0.623. The van der Waals surface area contributed by atoms with Gasteiger partial charge in [0.05, 0.1) is 6.04 Å². The maximum Gasteiger partial charge on any atom is 1.00 e. The third-order valence-electron chi connectivity index (χ3n) is 2.21. The zero-order chi connectivity index (χ0) is 9.97. The van der Waals surface area contributed by atoms with Crippen molar-refractivity contribution < 1.29 is 40.9 Å². The Balaban J connectivity index is 0.00000112. The second-order valence-corrected chi connectivity index (χ2v) is 3.09. The number of nitrogens with zero attached hydrogens (tertiary/aromatic N) is 2. The van der Waals surface area contributed by atoms with Crippen molar-refractivity contribution in [2.75, 3.05) is 0 Å². The van der Waals surface area contributed by atoms with Gasteiger partial charge in [0.15, 0.2) is 0 Å². The zero-order valence-electron chi connectivity index (χ0n) is 9.50. The molecule has 4 nitrogen and oxygen atoms in total. The fourth-order valence-electron chi connectivity index (χ4n) is 1.55. The first-order chi connectivity index (χ1) is 6.79. The molecule has 1 unspecified atom stereocenters. The standard InChI is InChI=1S/C10H10N2O2.Na.H/c13-10(14)12-9(6-7-11-12)8-4-2-1-3-5-8;;/h1-5,7,9H,6H2,(H,13,14);;/q;+1;-1. The molecule has 1 aromatic carbocycles. The van der Waals surface area contributed by atoms with Crippen LogP contribution in [0.3, 0.4) is 0 Å². The van der Waals surface area contributed by atoms with Crippen molar-refractivity contribution in [3.8, 4) is 0 Å². The molecule has 1 aliphatic rings. The molecule has 1 amide bonds. The van der Waals surface area contributed by atoms with Crippen LogP contribution < -0.4 is 29.6 Å². The predicted molar refractivity (Wildman–Crippen MR) is 53.3 cm³/mol. The molecule has 1 atom stereocenters. The molecular formula is C10H11N2NaO2. The number of carbonyl (C=O) groups is 1. The Morgan fingerprint density at radius 2 is 2.13 bits per heavy atom. The number of hydrogen-bond acceptors (Lipinski definition) is 2. The number of hydrogen-bond donors (Lipinski definition) is 1. The number of hydrazone groups is 1. The van der Waals surface area contributed by atoms with Crippen LogP contribution in [0, 0.1) is 0 Å². The molecule has 1 N–H and O–H groups in total. The van der Waals surface area contributed by atoms with Crippen LogP contribution in [-0.2, 0) is 0 Å². The van der Waals surface area contributed by atoms with Gasteiger partial charge in [-0.25, -0.2) is 4.79 Å². The first-order valence-corrected chi connectivity index (χ1v) is 4.38. The molecule has 0 spiro atoms. The molecule has 0 bridgehead atoms. The van der Waals surface area contributed by atoms with Gasteiger partial charge in [0.1, 0.15) is 0 Å². The van der Waals surface area contributed by atoms with Crippen LogP contribution in [0.25, 0.3) is 0 Å². The molecule has 1 aliphatic heterocycles. The van der Waals surface area contributed by atoms with E-state index >= 15 is 0 Å². The van der Waals surface area contributed by atoms with Crippen LogP contribution in [-0.4, -0.2) is 22.4 Å². The zero-order valence-corrected chi connectivity index (χ0v) is 10.5. The van der Waals surface area contributed by atoms with Gasteiger partial charge in [0.25, 0.3) is 0 Å². The normalized spacial score (nSPS) is 18.7. The topological polar surface area (TPSA) is 52.9 Å². The van der Waals surface area contributed by atoms with Gasteiger partial charge >= 0.3 is 35.7 Å². The molecule has 0 aliphatic carbocycles. The number of amides is 1. The third kappa shape index (κ3) is 2.59. The third-order valence-corrected chi connectivity index (χ3v) is 2.21. The summed E-state index contributed by atoms with van der Waals surface area (Å²) in [6.07, 6.45) is 1.27. The van der Waals surface area contributed by atoms with Gasteiger partial charge in [0, 0.05) is 12.6 Å². The minimum absolute atomic E-state index is 0. The van der Waals surface area contributed by atoms with E-state index in [1.807, 2.05) is 30.3 Å². The molecule has 0 aromatic heterocycles. The summed E-state index contributed by atoms with van der Waals surface area (Å²) in [6.45, 7) is 0. The van der Waals surface area contributed by atoms with Gasteiger partial charge in [-0.1, -0.05) is 30.3 Å². The largest absolute Gasteiger partial charge is 1.00 e. The molecule has 1 heterocycles. The molecule has 74 valence electrons. The van der Waals surface area contributed by atoms with E-state index in [1.54, 1.807) is 6.21 Å². The van der Waals surface area contributed by atoms with Crippen molar-refractivity contribution in [2.24, 2.45) is 5.10 Å². The molecule has 15 heavy (non-hydrogen) atoms. The Morgan fingerprint density at radius 1 is 1.47 bits per heavy atom. The molecule has 0 radical (unpaired) electrons. The van der Waals surface area contributed by atoms with Crippen molar-refractivity contribution in [2.45, 2.75) is 12.5 Å². The molecule has 0 fully saturated rings. The Hall–Kier alpha value is -0.840. The van der Waals surface area contributed by atoms with Crippen LogP contribution in [0.1, 0.15) is 19.5 Å². The van der Waals surface area contributed by atoms with Crippen molar-refractivity contribution in [3.63, 3.8) is 0 Å². The van der Waals surface area contributed by atoms with E-state index in [2.05, 4.69) is 5.10 Å². The monoisotopic (exact) mass is 214 g/mol. The summed E-state index contributed by atoms with van der Waals surface area (Å²) >= 11 is 0. The first-order valence-electron chi connectivity index (χ1n) is 4.38. The minimum atomic E-state index is -1.01. The molecule has 5 heteroatoms. The summed E-state index contributed by atoms with van der Waals surface area (Å²) in [5.41, 5.74) is 0.979. The molecule has 0 saturated heterocycles. The van der Waals surface area contributed by atoms with Gasteiger partial charge in [-0.3, -0.25) is 0 Å². The smallest absolute Gasteiger partial charge is 1.00 e. The van der Waals surface area contributed by atoms with Crippen molar-refractivity contribution in [3.05, 3.63) is 35.9 Å². The summed E-state index contributed by atoms with van der Waals surface area (Å²) in [4.78, 5) is 10.8. The maximum absolute atomic E-state index is 10.8. The van der Waals surface area contributed by atoms with Gasteiger partial charge in [-0.05, 0) is 5.56 Å². The van der Waals surface area contributed by atoms with E-state index in [0.29, 0.717) is 6.42 Å². The fourth-order valence-corrected chi connectivity index (χ4v) is 1.55. The minimum Gasteiger partial charge on any atom is -1.00 e. The van der Waals surface area contributed by atoms with E-state index < -0.39 is 6.09 Å². The number of rotatable bonds is 1. The first kappa shape index (κ1) is 12.2. The van der Waals surface area contributed by atoms with Crippen molar-refractivity contribution >= 4 is 12.3 Å². The summed E-state index contributed by atoms with van der Waals surface area (Å²) in [5.74, 6) is 0. The second kappa shape index (κ2) is 5.30. The molecular weight excluding hydrogens is 203 g/mol. The van der Waals surface area contributed by atoms with E-state index in [1.165, 1.54) is 0 Å². The summed E-state index contributed by atoms with van der Waals surface area (Å²) in [6, 6.07) is 9.37. The fraction of sp³-hybridized carbons (Fsp3) is 0.200. The van der Waals surface area contributed by atoms with E-state index in [0.717, 1.165) is 10.6 Å². The van der Waals surface area contributed by atoms with Crippen LogP contribution in [0.2, 0.25) is 0 Å². The van der Waals surface area contributed by atoms with Gasteiger partial charge in [-0.2, -0.15) is 10.1 Å². The Bertz CT molecular complexity index is 372. The Labute approximate surface area is 111 Å². The Morgan fingerprint density at radius 3 is 2.73 bits per heavy atom. The van der Waals surface area contributed by atoms with Crippen LogP contribution in [0.5, 0.6) is 0 Å². The predicted octanol–water partition coefficient (Wildman–Crippen LogP) is -0.786. The average molecular weight is 214 g/mol. The van der Waals surface area contributed by atoms with Crippen LogP contribution >= 0.6 is 0 Å². The van der Waals surface area contributed by atoms with Crippen LogP contribution in [0.4, 0.5) is 4.79 Å². The van der Waals surface area contributed by atoms with E-state index in [9.17, 15) is 4.79 Å². The SMILES string of the molecule is O=C(O)N1N=CCC1c1ccccc1.[H-].[Na+]. The van der Waals surface area contributed by atoms with E-state index in [4.69, 9.17) is 5.11 Å². The number of carboxylic acid groups (broad SMARTS) is 1. The summed E-state index contributed by atoms with van der Waals surface area (Å²) in [7, 11) is 0. The van der Waals surface area contributed by atoms with E-state index in [-0.39, 0.29) is 37.0 Å². The summed E-state index contributed by atoms with van der Waals surface area (Å²) < 4.78 is 0. The van der Waals surface area contributed by atoms with Crippen LogP contribution in [0.15, 0.2) is 35.4 Å². The average Bonchev–Trinajstić information content (AvgIpc) is 2.67. The maximum atomic E-state index is 10.8. The van der Waals surface area contributed by atoms with Crippen molar-refractivity contribution in [1.29, 1.82) is 0 Å². The van der Waals surface area contributed by atoms with Crippen molar-refractivity contribution in [1.82, 2.24) is 5.01 Å².